The number of hydrogen-bond acceptors (Lipinski definition) is 15. The van der Waals surface area contributed by atoms with E-state index in [1.165, 1.54) is 244 Å². The van der Waals surface area contributed by atoms with Crippen LogP contribution < -0.4 is 0 Å². The minimum Gasteiger partial charge on any atom is -0.462 e. The topological polar surface area (TPSA) is 237 Å². The molecule has 0 aromatic carbocycles. The van der Waals surface area contributed by atoms with Crippen molar-refractivity contribution in [3.8, 4) is 0 Å². The molecule has 0 radical (unpaired) electrons. The maximum Gasteiger partial charge on any atom is 0.472 e. The fourth-order valence-electron chi connectivity index (χ4n) is 12.8. The van der Waals surface area contributed by atoms with Gasteiger partial charge in [-0.15, -0.1) is 0 Å². The number of aliphatic hydroxyl groups is 1. The predicted octanol–water partition coefficient (Wildman–Crippen LogP) is 24.9. The number of rotatable bonds is 81. The molecule has 4 unspecified atom stereocenters. The van der Waals surface area contributed by atoms with Gasteiger partial charge in [0.2, 0.25) is 0 Å². The molecule has 17 nitrogen and oxygen atoms in total. The molecule has 0 bridgehead atoms. The number of phosphoric acid groups is 2. The minimum atomic E-state index is -4.96. The highest BCUT2D eigenvalue weighted by molar-refractivity contribution is 7.47. The molecule has 0 aliphatic carbocycles. The average Bonchev–Trinajstić information content (AvgIpc) is 0.974. The summed E-state index contributed by atoms with van der Waals surface area (Å²) < 4.78 is 68.7. The second kappa shape index (κ2) is 73.2. The van der Waals surface area contributed by atoms with Gasteiger partial charge >= 0.3 is 39.5 Å². The summed E-state index contributed by atoms with van der Waals surface area (Å²) in [5.41, 5.74) is 0. The van der Waals surface area contributed by atoms with E-state index in [0.717, 1.165) is 108 Å². The monoisotopic (exact) mass is 1490 g/mol. The van der Waals surface area contributed by atoms with Gasteiger partial charge in [-0.3, -0.25) is 37.3 Å². The van der Waals surface area contributed by atoms with Gasteiger partial charge in [0.15, 0.2) is 12.2 Å². The van der Waals surface area contributed by atoms with E-state index < -0.39 is 97.5 Å². The van der Waals surface area contributed by atoms with Crippen LogP contribution in [0.5, 0.6) is 0 Å². The lowest BCUT2D eigenvalue weighted by molar-refractivity contribution is -0.161. The SMILES string of the molecule is CCCCCCCCCCCC(=O)OC[C@H](COP(=O)(O)OC[C@H](O)COP(=O)(O)OC[C@@H](COC(=O)CCCCCCCCCCCCCCCCC(C)CC)OC(=O)CCCCCCCCCCCCCCCCCCCCC(C)CC)OC(=O)CCCCCCCCCCCCC(C)C. The largest absolute Gasteiger partial charge is 0.472 e. The summed E-state index contributed by atoms with van der Waals surface area (Å²) in [5.74, 6) is 0.363. The Morgan fingerprint density at radius 1 is 0.284 bits per heavy atom. The smallest absolute Gasteiger partial charge is 0.462 e. The van der Waals surface area contributed by atoms with Gasteiger partial charge in [0.25, 0.3) is 0 Å². The van der Waals surface area contributed by atoms with Crippen LogP contribution >= 0.6 is 15.6 Å². The highest BCUT2D eigenvalue weighted by Crippen LogP contribution is 2.45. The molecule has 0 aromatic rings. The van der Waals surface area contributed by atoms with Crippen LogP contribution in [0.4, 0.5) is 0 Å². The van der Waals surface area contributed by atoms with Crippen LogP contribution in [0.1, 0.15) is 434 Å². The summed E-state index contributed by atoms with van der Waals surface area (Å²) in [6, 6.07) is 0. The molecule has 7 atom stereocenters. The van der Waals surface area contributed by atoms with Crippen LogP contribution in [-0.4, -0.2) is 96.7 Å². The van der Waals surface area contributed by atoms with E-state index in [2.05, 4.69) is 48.5 Å². The second-order valence-corrected chi connectivity index (χ2v) is 33.7. The third-order valence-electron chi connectivity index (χ3n) is 20.1. The maximum atomic E-state index is 13.1. The van der Waals surface area contributed by atoms with Gasteiger partial charge in [0, 0.05) is 25.7 Å². The van der Waals surface area contributed by atoms with Gasteiger partial charge < -0.3 is 33.8 Å². The number of unbranched alkanes of at least 4 members (excludes halogenated alkanes) is 47. The molecule has 102 heavy (non-hydrogen) atoms. The first-order valence-electron chi connectivity index (χ1n) is 42.9. The van der Waals surface area contributed by atoms with Crippen LogP contribution in [0.15, 0.2) is 0 Å². The molecule has 3 N–H and O–H groups in total. The van der Waals surface area contributed by atoms with Crippen molar-refractivity contribution in [3.63, 3.8) is 0 Å². The lowest BCUT2D eigenvalue weighted by Crippen LogP contribution is -2.30. The normalized spacial score (nSPS) is 14.5. The van der Waals surface area contributed by atoms with Gasteiger partial charge in [-0.2, -0.15) is 0 Å². The predicted molar refractivity (Wildman–Crippen MR) is 418 cm³/mol. The van der Waals surface area contributed by atoms with Gasteiger partial charge in [-0.05, 0) is 43.4 Å². The van der Waals surface area contributed by atoms with Crippen LogP contribution in [0.25, 0.3) is 0 Å². The van der Waals surface area contributed by atoms with E-state index >= 15 is 0 Å². The molecule has 0 aliphatic heterocycles. The number of esters is 4. The Hall–Kier alpha value is -1.94. The van der Waals surface area contributed by atoms with Gasteiger partial charge in [0.1, 0.15) is 19.3 Å². The number of aliphatic hydroxyl groups excluding tert-OH is 1. The van der Waals surface area contributed by atoms with Crippen molar-refractivity contribution in [3.05, 3.63) is 0 Å². The Morgan fingerprint density at radius 2 is 0.500 bits per heavy atom. The van der Waals surface area contributed by atoms with Crippen LogP contribution in [0, 0.1) is 17.8 Å². The van der Waals surface area contributed by atoms with Gasteiger partial charge in [-0.1, -0.05) is 382 Å². The Labute approximate surface area is 626 Å². The Bertz CT molecular complexity index is 1980. The van der Waals surface area contributed by atoms with E-state index in [-0.39, 0.29) is 25.7 Å². The molecule has 19 heteroatoms. The minimum absolute atomic E-state index is 0.106. The van der Waals surface area contributed by atoms with Crippen LogP contribution in [-0.2, 0) is 65.4 Å². The van der Waals surface area contributed by atoms with Crippen molar-refractivity contribution in [1.29, 1.82) is 0 Å². The zero-order valence-electron chi connectivity index (χ0n) is 67.1. The number of carbonyl (C=O) groups excluding carboxylic acids is 4. The van der Waals surface area contributed by atoms with E-state index in [1.807, 2.05) is 0 Å². The van der Waals surface area contributed by atoms with E-state index in [1.54, 1.807) is 0 Å². The van der Waals surface area contributed by atoms with Crippen molar-refractivity contribution < 1.29 is 80.2 Å². The summed E-state index contributed by atoms with van der Waals surface area (Å²) in [6.45, 7) is 12.0. The van der Waals surface area contributed by atoms with Crippen molar-refractivity contribution in [2.75, 3.05) is 39.6 Å². The quantitative estimate of drug-likeness (QED) is 0.0222. The molecule has 606 valence electrons. The van der Waals surface area contributed by atoms with Crippen LogP contribution in [0.2, 0.25) is 0 Å². The average molecular weight is 1490 g/mol. The summed E-state index contributed by atoms with van der Waals surface area (Å²) >= 11 is 0. The molecular formula is C83H162O17P2. The highest BCUT2D eigenvalue weighted by atomic mass is 31.2. The van der Waals surface area contributed by atoms with Crippen molar-refractivity contribution >= 4 is 39.5 Å². The maximum absolute atomic E-state index is 13.1. The zero-order chi connectivity index (χ0) is 75.1. The van der Waals surface area contributed by atoms with E-state index in [0.29, 0.717) is 25.7 Å². The summed E-state index contributed by atoms with van der Waals surface area (Å²) in [7, 11) is -9.92. The molecular weight excluding hydrogens is 1330 g/mol. The molecule has 0 fully saturated rings. The molecule has 0 amide bonds. The van der Waals surface area contributed by atoms with Crippen molar-refractivity contribution in [2.24, 2.45) is 17.8 Å². The summed E-state index contributed by atoms with van der Waals surface area (Å²) in [4.78, 5) is 73.0. The molecule has 0 aliphatic rings. The first kappa shape index (κ1) is 100. The number of hydrogen-bond donors (Lipinski definition) is 3. The van der Waals surface area contributed by atoms with Crippen LogP contribution in [0.3, 0.4) is 0 Å². The van der Waals surface area contributed by atoms with Crippen molar-refractivity contribution in [2.45, 2.75) is 452 Å². The molecule has 0 spiro atoms. The number of ether oxygens (including phenoxy) is 4. The standard InChI is InChI=1S/C83H162O17P2/c1-8-11-12-13-14-33-43-50-57-64-80(85)93-70-78(100-83(88)67-60-53-46-39-32-31-34-40-47-54-61-74(4)5)72-97-101(89,90)95-68-77(84)69-96-102(91,92)98-73-79(71-94-81(86)65-58-51-44-37-29-25-22-21-24-28-36-42-49-56-63-76(7)10-3)99-82(87)66-59-52-45-38-30-26-20-18-16-15-17-19-23-27-35-41-48-55-62-75(6)9-2/h74-79,84H,8-73H2,1-7H3,(H,89,90)(H,91,92)/t75?,76?,77-,78+,79+/m0/s1. The molecule has 0 aromatic heterocycles. The highest BCUT2D eigenvalue weighted by Gasteiger charge is 2.30. The Balaban J connectivity index is 5.21. The molecule has 0 heterocycles. The summed E-state index contributed by atoms with van der Waals surface area (Å²) in [6.07, 6.45) is 62.4. The first-order valence-corrected chi connectivity index (χ1v) is 45.9. The third kappa shape index (κ3) is 73.6. The van der Waals surface area contributed by atoms with E-state index in [9.17, 15) is 43.2 Å². The number of carbonyl (C=O) groups is 4. The Morgan fingerprint density at radius 3 is 0.745 bits per heavy atom. The summed E-state index contributed by atoms with van der Waals surface area (Å²) in [5, 5.41) is 10.6. The van der Waals surface area contributed by atoms with Crippen molar-refractivity contribution in [1.82, 2.24) is 0 Å². The Kier molecular flexibility index (Phi) is 71.8. The lowest BCUT2D eigenvalue weighted by atomic mass is 9.99. The van der Waals surface area contributed by atoms with Gasteiger partial charge in [0.05, 0.1) is 26.4 Å². The second-order valence-electron chi connectivity index (χ2n) is 30.8. The molecule has 0 rings (SSSR count). The lowest BCUT2D eigenvalue weighted by Gasteiger charge is -2.21. The number of phosphoric ester groups is 2. The zero-order valence-corrected chi connectivity index (χ0v) is 68.9. The van der Waals surface area contributed by atoms with E-state index in [4.69, 9.17) is 37.0 Å². The molecule has 0 saturated carbocycles. The molecule has 0 saturated heterocycles. The fraction of sp³-hybridized carbons (Fsp3) is 0.952. The van der Waals surface area contributed by atoms with Gasteiger partial charge in [-0.25, -0.2) is 9.13 Å². The third-order valence-corrected chi connectivity index (χ3v) is 22.0. The fourth-order valence-corrected chi connectivity index (χ4v) is 14.4. The first-order chi connectivity index (χ1) is 49.3.